The van der Waals surface area contributed by atoms with Gasteiger partial charge in [0.05, 0.1) is 6.26 Å². The van der Waals surface area contributed by atoms with Crippen molar-refractivity contribution < 1.29 is 8.42 Å². The van der Waals surface area contributed by atoms with Crippen LogP contribution in [0.3, 0.4) is 0 Å². The quantitative estimate of drug-likeness (QED) is 0.920. The van der Waals surface area contributed by atoms with Crippen molar-refractivity contribution in [2.75, 3.05) is 25.1 Å². The van der Waals surface area contributed by atoms with Crippen molar-refractivity contribution in [3.05, 3.63) is 48.2 Å². The highest BCUT2D eigenvalue weighted by Gasteiger charge is 2.08. The third-order valence-corrected chi connectivity index (χ3v) is 4.13. The zero-order valence-corrected chi connectivity index (χ0v) is 14.1. The molecule has 0 spiro atoms. The molecule has 1 atom stereocenters. The molecule has 0 aliphatic rings. The van der Waals surface area contributed by atoms with Crippen molar-refractivity contribution >= 4 is 15.8 Å². The van der Waals surface area contributed by atoms with E-state index in [0.29, 0.717) is 11.9 Å². The number of aromatic nitrogens is 1. The lowest BCUT2D eigenvalue weighted by Crippen LogP contribution is -2.16. The number of sulfonamides is 1. The van der Waals surface area contributed by atoms with E-state index in [1.807, 2.05) is 6.07 Å². The van der Waals surface area contributed by atoms with Crippen molar-refractivity contribution in [2.24, 2.45) is 0 Å². The Kier molecular flexibility index (Phi) is 4.83. The first-order valence-corrected chi connectivity index (χ1v) is 8.86. The molecule has 1 aromatic carbocycles. The van der Waals surface area contributed by atoms with Gasteiger partial charge in [0.2, 0.25) is 10.0 Å². The van der Waals surface area contributed by atoms with E-state index in [4.69, 9.17) is 0 Å². The van der Waals surface area contributed by atoms with Crippen molar-refractivity contribution in [1.82, 2.24) is 9.88 Å². The maximum absolute atomic E-state index is 11.2. The van der Waals surface area contributed by atoms with Crippen LogP contribution in [0.25, 0.3) is 11.1 Å². The Labute approximate surface area is 132 Å². The molecule has 2 rings (SSSR count). The molecule has 22 heavy (non-hydrogen) atoms. The SMILES string of the molecule is C[C@@H](c1ccc(-c2ccc(NS(C)(=O)=O)nc2)cc1)N(C)C. The van der Waals surface area contributed by atoms with Gasteiger partial charge in [0.1, 0.15) is 5.82 Å². The number of nitrogens with zero attached hydrogens (tertiary/aromatic N) is 2. The van der Waals surface area contributed by atoms with E-state index >= 15 is 0 Å². The molecule has 0 aliphatic heterocycles. The summed E-state index contributed by atoms with van der Waals surface area (Å²) >= 11 is 0. The molecule has 6 heteroatoms. The summed E-state index contributed by atoms with van der Waals surface area (Å²) < 4.78 is 24.7. The average Bonchev–Trinajstić information content (AvgIpc) is 2.46. The molecule has 0 fully saturated rings. The minimum atomic E-state index is -3.30. The number of hydrogen-bond acceptors (Lipinski definition) is 4. The molecule has 0 saturated heterocycles. The van der Waals surface area contributed by atoms with E-state index in [-0.39, 0.29) is 0 Å². The smallest absolute Gasteiger partial charge is 0.230 e. The minimum absolute atomic E-state index is 0.323. The van der Waals surface area contributed by atoms with Crippen LogP contribution in [0.5, 0.6) is 0 Å². The fourth-order valence-electron chi connectivity index (χ4n) is 2.07. The van der Waals surface area contributed by atoms with E-state index in [1.165, 1.54) is 5.56 Å². The van der Waals surface area contributed by atoms with Gasteiger partial charge < -0.3 is 4.90 Å². The molecule has 2 aromatic rings. The molecule has 0 amide bonds. The Hall–Kier alpha value is -1.92. The van der Waals surface area contributed by atoms with Crippen LogP contribution in [-0.2, 0) is 10.0 Å². The molecular formula is C16H21N3O2S. The number of rotatable bonds is 5. The van der Waals surface area contributed by atoms with Crippen molar-refractivity contribution in [1.29, 1.82) is 0 Å². The van der Waals surface area contributed by atoms with Gasteiger partial charge in [-0.25, -0.2) is 13.4 Å². The van der Waals surface area contributed by atoms with Gasteiger partial charge in [-0.3, -0.25) is 4.72 Å². The van der Waals surface area contributed by atoms with Crippen LogP contribution < -0.4 is 4.72 Å². The second-order valence-electron chi connectivity index (χ2n) is 5.57. The third-order valence-electron chi connectivity index (χ3n) is 3.55. The van der Waals surface area contributed by atoms with Gasteiger partial charge >= 0.3 is 0 Å². The van der Waals surface area contributed by atoms with Gasteiger partial charge in [0.25, 0.3) is 0 Å². The monoisotopic (exact) mass is 319 g/mol. The van der Waals surface area contributed by atoms with Crippen LogP contribution >= 0.6 is 0 Å². The number of anilines is 1. The normalized spacial score (nSPS) is 13.1. The first kappa shape index (κ1) is 16.5. The zero-order valence-electron chi connectivity index (χ0n) is 13.2. The van der Waals surface area contributed by atoms with Crippen LogP contribution in [0.1, 0.15) is 18.5 Å². The summed E-state index contributed by atoms with van der Waals surface area (Å²) in [7, 11) is 0.808. The molecule has 0 bridgehead atoms. The van der Waals surface area contributed by atoms with Gasteiger partial charge in [0.15, 0.2) is 0 Å². The summed E-state index contributed by atoms with van der Waals surface area (Å²) in [6, 6.07) is 12.2. The summed E-state index contributed by atoms with van der Waals surface area (Å²) in [6.45, 7) is 2.15. The van der Waals surface area contributed by atoms with Crippen LogP contribution in [-0.4, -0.2) is 38.7 Å². The van der Waals surface area contributed by atoms with Crippen LogP contribution in [0.15, 0.2) is 42.6 Å². The van der Waals surface area contributed by atoms with Gasteiger partial charge in [-0.05, 0) is 44.3 Å². The van der Waals surface area contributed by atoms with Gasteiger partial charge in [-0.1, -0.05) is 24.3 Å². The Bertz CT molecular complexity index is 723. The minimum Gasteiger partial charge on any atom is -0.303 e. The summed E-state index contributed by atoms with van der Waals surface area (Å²) in [5, 5.41) is 0. The first-order valence-electron chi connectivity index (χ1n) is 6.97. The topological polar surface area (TPSA) is 62.3 Å². The van der Waals surface area contributed by atoms with E-state index in [1.54, 1.807) is 12.3 Å². The molecule has 0 aliphatic carbocycles. The molecule has 1 aromatic heterocycles. The number of hydrogen-bond donors (Lipinski definition) is 1. The van der Waals surface area contributed by atoms with E-state index in [2.05, 4.69) is 59.9 Å². The molecule has 0 unspecified atom stereocenters. The standard InChI is InChI=1S/C16H21N3O2S/c1-12(19(2)3)13-5-7-14(8-6-13)15-9-10-16(17-11-15)18-22(4,20)21/h5-12H,1-4H3,(H,17,18)/t12-/m0/s1. The molecular weight excluding hydrogens is 298 g/mol. The van der Waals surface area contributed by atoms with E-state index in [0.717, 1.165) is 17.4 Å². The highest BCUT2D eigenvalue weighted by molar-refractivity contribution is 7.92. The fraction of sp³-hybridized carbons (Fsp3) is 0.312. The summed E-state index contributed by atoms with van der Waals surface area (Å²) in [5.41, 5.74) is 3.24. The molecule has 1 N–H and O–H groups in total. The second-order valence-corrected chi connectivity index (χ2v) is 7.32. The zero-order chi connectivity index (χ0) is 16.3. The van der Waals surface area contributed by atoms with E-state index in [9.17, 15) is 8.42 Å². The predicted octanol–water partition coefficient (Wildman–Crippen LogP) is 2.74. The molecule has 1 heterocycles. The number of benzene rings is 1. The lowest BCUT2D eigenvalue weighted by atomic mass is 10.0. The van der Waals surface area contributed by atoms with Gasteiger partial charge in [-0.15, -0.1) is 0 Å². The van der Waals surface area contributed by atoms with Gasteiger partial charge in [-0.2, -0.15) is 0 Å². The molecule has 0 radical (unpaired) electrons. The summed E-state index contributed by atoms with van der Waals surface area (Å²) in [5.74, 6) is 0.323. The largest absolute Gasteiger partial charge is 0.303 e. The number of nitrogens with one attached hydrogen (secondary N) is 1. The summed E-state index contributed by atoms with van der Waals surface area (Å²) in [6.07, 6.45) is 2.77. The van der Waals surface area contributed by atoms with Crippen molar-refractivity contribution in [2.45, 2.75) is 13.0 Å². The third kappa shape index (κ3) is 4.29. The first-order chi connectivity index (χ1) is 10.3. The molecule has 0 saturated carbocycles. The van der Waals surface area contributed by atoms with Crippen LogP contribution in [0.2, 0.25) is 0 Å². The summed E-state index contributed by atoms with van der Waals surface area (Å²) in [4.78, 5) is 6.28. The van der Waals surface area contributed by atoms with Crippen molar-refractivity contribution in [3.63, 3.8) is 0 Å². The number of pyridine rings is 1. The highest BCUT2D eigenvalue weighted by Crippen LogP contribution is 2.24. The van der Waals surface area contributed by atoms with Crippen molar-refractivity contribution in [3.8, 4) is 11.1 Å². The Balaban J connectivity index is 2.18. The predicted molar refractivity (Wildman–Crippen MR) is 90.2 cm³/mol. The molecule has 118 valence electrons. The Morgan fingerprint density at radius 3 is 2.09 bits per heavy atom. The van der Waals surface area contributed by atoms with E-state index < -0.39 is 10.0 Å². The molecule has 5 nitrogen and oxygen atoms in total. The fourth-order valence-corrected chi connectivity index (χ4v) is 2.57. The maximum atomic E-state index is 11.2. The lowest BCUT2D eigenvalue weighted by Gasteiger charge is -2.20. The lowest BCUT2D eigenvalue weighted by molar-refractivity contribution is 0.321. The van der Waals surface area contributed by atoms with Crippen LogP contribution in [0.4, 0.5) is 5.82 Å². The Morgan fingerprint density at radius 2 is 1.64 bits per heavy atom. The Morgan fingerprint density at radius 1 is 1.05 bits per heavy atom. The average molecular weight is 319 g/mol. The van der Waals surface area contributed by atoms with Crippen LogP contribution in [0, 0.1) is 0 Å². The van der Waals surface area contributed by atoms with Gasteiger partial charge in [0, 0.05) is 17.8 Å². The second kappa shape index (κ2) is 6.46. The highest BCUT2D eigenvalue weighted by atomic mass is 32.2. The maximum Gasteiger partial charge on any atom is 0.230 e.